The number of thiazole rings is 1. The Bertz CT molecular complexity index is 1050. The molecule has 0 spiro atoms. The molecule has 0 radical (unpaired) electrons. The molecule has 4 rings (SSSR count). The van der Waals surface area contributed by atoms with E-state index in [1.807, 2.05) is 42.6 Å². The van der Waals surface area contributed by atoms with Gasteiger partial charge < -0.3 is 15.0 Å². The number of aromatic amines is 1. The number of rotatable bonds is 6. The van der Waals surface area contributed by atoms with E-state index >= 15 is 0 Å². The molecule has 4 aromatic rings. The zero-order valence-electron chi connectivity index (χ0n) is 14.7. The lowest BCUT2D eigenvalue weighted by Crippen LogP contribution is -2.23. The van der Waals surface area contributed by atoms with Gasteiger partial charge in [-0.25, -0.2) is 9.97 Å². The summed E-state index contributed by atoms with van der Waals surface area (Å²) in [5.74, 6) is 1.18. The summed E-state index contributed by atoms with van der Waals surface area (Å²) in [7, 11) is 0. The van der Waals surface area contributed by atoms with E-state index in [1.165, 1.54) is 0 Å². The van der Waals surface area contributed by atoms with Crippen molar-refractivity contribution in [1.82, 2.24) is 20.3 Å². The van der Waals surface area contributed by atoms with Crippen molar-refractivity contribution in [2.75, 3.05) is 0 Å². The lowest BCUT2D eigenvalue weighted by molar-refractivity contribution is 0.0949. The zero-order valence-corrected chi connectivity index (χ0v) is 15.5. The molecular weight excluding hydrogens is 360 g/mol. The Kier molecular flexibility index (Phi) is 4.84. The number of aryl methyl sites for hydroxylation is 1. The van der Waals surface area contributed by atoms with Gasteiger partial charge in [0.2, 0.25) is 0 Å². The first kappa shape index (κ1) is 17.2. The molecule has 6 nitrogen and oxygen atoms in total. The Hall–Kier alpha value is -3.19. The van der Waals surface area contributed by atoms with Crippen molar-refractivity contribution in [2.45, 2.75) is 20.1 Å². The topological polar surface area (TPSA) is 79.9 Å². The number of hydrogen-bond acceptors (Lipinski definition) is 5. The second-order valence-corrected chi connectivity index (χ2v) is 7.12. The van der Waals surface area contributed by atoms with Gasteiger partial charge in [0.1, 0.15) is 18.2 Å². The molecule has 2 heterocycles. The van der Waals surface area contributed by atoms with Crippen molar-refractivity contribution in [2.24, 2.45) is 0 Å². The maximum absolute atomic E-state index is 12.4. The third-order valence-corrected chi connectivity index (χ3v) is 4.83. The fourth-order valence-electron chi connectivity index (χ4n) is 2.71. The molecule has 0 saturated heterocycles. The van der Waals surface area contributed by atoms with Crippen LogP contribution >= 0.6 is 11.3 Å². The van der Waals surface area contributed by atoms with E-state index in [4.69, 9.17) is 4.74 Å². The quantitative estimate of drug-likeness (QED) is 0.534. The minimum Gasteiger partial charge on any atom is -0.487 e. The maximum Gasteiger partial charge on any atom is 0.251 e. The molecule has 7 heteroatoms. The highest BCUT2D eigenvalue weighted by Gasteiger charge is 2.09. The van der Waals surface area contributed by atoms with Gasteiger partial charge >= 0.3 is 0 Å². The summed E-state index contributed by atoms with van der Waals surface area (Å²) >= 11 is 1.59. The van der Waals surface area contributed by atoms with E-state index in [-0.39, 0.29) is 5.91 Å². The Labute approximate surface area is 160 Å². The minimum absolute atomic E-state index is 0.176. The van der Waals surface area contributed by atoms with Crippen LogP contribution in [0.25, 0.3) is 11.0 Å². The van der Waals surface area contributed by atoms with Crippen molar-refractivity contribution >= 4 is 28.3 Å². The molecule has 27 heavy (non-hydrogen) atoms. The van der Waals surface area contributed by atoms with Gasteiger partial charge in [0, 0.05) is 10.9 Å². The van der Waals surface area contributed by atoms with Crippen LogP contribution in [-0.4, -0.2) is 20.9 Å². The Morgan fingerprint density at radius 3 is 2.89 bits per heavy atom. The molecule has 2 N–H and O–H groups in total. The fraction of sp³-hybridized carbons (Fsp3) is 0.150. The van der Waals surface area contributed by atoms with Crippen molar-refractivity contribution in [1.29, 1.82) is 0 Å². The summed E-state index contributed by atoms with van der Waals surface area (Å²) in [6.45, 7) is 2.67. The van der Waals surface area contributed by atoms with E-state index in [1.54, 1.807) is 29.5 Å². The van der Waals surface area contributed by atoms with Crippen LogP contribution in [0.4, 0.5) is 0 Å². The monoisotopic (exact) mass is 378 g/mol. The van der Waals surface area contributed by atoms with Gasteiger partial charge in [0.15, 0.2) is 0 Å². The van der Waals surface area contributed by atoms with Gasteiger partial charge in [-0.3, -0.25) is 4.79 Å². The molecule has 0 aliphatic carbocycles. The summed E-state index contributed by atoms with van der Waals surface area (Å²) < 4.78 is 5.74. The van der Waals surface area contributed by atoms with E-state index in [0.717, 1.165) is 27.6 Å². The van der Waals surface area contributed by atoms with Gasteiger partial charge in [-0.15, -0.1) is 11.3 Å². The van der Waals surface area contributed by atoms with Crippen LogP contribution in [0.5, 0.6) is 5.75 Å². The molecule has 2 aromatic carbocycles. The average molecular weight is 378 g/mol. The second kappa shape index (κ2) is 7.59. The van der Waals surface area contributed by atoms with Crippen LogP contribution in [-0.2, 0) is 13.2 Å². The van der Waals surface area contributed by atoms with Crippen molar-refractivity contribution in [3.05, 3.63) is 76.0 Å². The second-order valence-electron chi connectivity index (χ2n) is 6.06. The number of nitrogens with zero attached hydrogens (tertiary/aromatic N) is 2. The highest BCUT2D eigenvalue weighted by Crippen LogP contribution is 2.17. The average Bonchev–Trinajstić information content (AvgIpc) is 3.30. The number of benzene rings is 2. The van der Waals surface area contributed by atoms with E-state index in [9.17, 15) is 4.79 Å². The molecule has 0 saturated carbocycles. The molecule has 0 bridgehead atoms. The number of carbonyl (C=O) groups is 1. The van der Waals surface area contributed by atoms with Crippen LogP contribution in [0.3, 0.4) is 0 Å². The molecule has 0 aliphatic rings. The predicted octanol–water partition coefficient (Wildman–Crippen LogP) is 3.84. The number of nitrogens with one attached hydrogen (secondary N) is 2. The highest BCUT2D eigenvalue weighted by atomic mass is 32.1. The van der Waals surface area contributed by atoms with Crippen LogP contribution < -0.4 is 10.1 Å². The Balaban J connectivity index is 1.38. The zero-order chi connectivity index (χ0) is 18.6. The number of ether oxygens (including phenoxy) is 1. The van der Waals surface area contributed by atoms with Crippen molar-refractivity contribution in [3.8, 4) is 5.75 Å². The first-order valence-corrected chi connectivity index (χ1v) is 9.41. The summed E-state index contributed by atoms with van der Waals surface area (Å²) in [4.78, 5) is 24.5. The lowest BCUT2D eigenvalue weighted by atomic mass is 10.2. The number of fused-ring (bicyclic) bond motifs is 1. The summed E-state index contributed by atoms with van der Waals surface area (Å²) in [5, 5.41) is 5.86. The number of carbonyl (C=O) groups excluding carboxylic acids is 1. The number of H-pyrrole nitrogens is 1. The van der Waals surface area contributed by atoms with Crippen LogP contribution in [0.1, 0.15) is 26.9 Å². The van der Waals surface area contributed by atoms with Crippen molar-refractivity contribution < 1.29 is 9.53 Å². The van der Waals surface area contributed by atoms with E-state index < -0.39 is 0 Å². The molecule has 2 aromatic heterocycles. The number of para-hydroxylation sites is 2. The lowest BCUT2D eigenvalue weighted by Gasteiger charge is -2.07. The van der Waals surface area contributed by atoms with Crippen LogP contribution in [0, 0.1) is 6.92 Å². The first-order chi connectivity index (χ1) is 13.2. The largest absolute Gasteiger partial charge is 0.487 e. The Morgan fingerprint density at radius 2 is 2.07 bits per heavy atom. The molecule has 0 aliphatic heterocycles. The standard InChI is InChI=1S/C20H18N4O2S/c1-13-22-15(12-27-13)11-26-16-6-4-5-14(9-16)20(25)21-10-19-23-17-7-2-3-8-18(17)24-19/h2-9,12H,10-11H2,1H3,(H,21,25)(H,23,24). The third kappa shape index (κ3) is 4.15. The molecular formula is C20H18N4O2S. The van der Waals surface area contributed by atoms with Crippen LogP contribution in [0.2, 0.25) is 0 Å². The predicted molar refractivity (Wildman–Crippen MR) is 105 cm³/mol. The molecule has 0 atom stereocenters. The number of imidazole rings is 1. The van der Waals surface area contributed by atoms with Gasteiger partial charge in [-0.05, 0) is 37.3 Å². The smallest absolute Gasteiger partial charge is 0.251 e. The molecule has 136 valence electrons. The van der Waals surface area contributed by atoms with Gasteiger partial charge in [-0.2, -0.15) is 0 Å². The number of aromatic nitrogens is 3. The van der Waals surface area contributed by atoms with Crippen LogP contribution in [0.15, 0.2) is 53.9 Å². The van der Waals surface area contributed by atoms with Crippen molar-refractivity contribution in [3.63, 3.8) is 0 Å². The maximum atomic E-state index is 12.4. The SMILES string of the molecule is Cc1nc(COc2cccc(C(=O)NCc3nc4ccccc4[nH]3)c2)cs1. The molecule has 1 amide bonds. The third-order valence-electron chi connectivity index (χ3n) is 4.00. The fourth-order valence-corrected chi connectivity index (χ4v) is 3.31. The van der Waals surface area contributed by atoms with Gasteiger partial charge in [0.05, 0.1) is 28.3 Å². The highest BCUT2D eigenvalue weighted by molar-refractivity contribution is 7.09. The number of amides is 1. The van der Waals surface area contributed by atoms with Gasteiger partial charge in [-0.1, -0.05) is 18.2 Å². The molecule has 0 unspecified atom stereocenters. The summed E-state index contributed by atoms with van der Waals surface area (Å²) in [6, 6.07) is 14.9. The minimum atomic E-state index is -0.176. The summed E-state index contributed by atoms with van der Waals surface area (Å²) in [6.07, 6.45) is 0. The first-order valence-electron chi connectivity index (χ1n) is 8.53. The van der Waals surface area contributed by atoms with E-state index in [0.29, 0.717) is 24.5 Å². The Morgan fingerprint density at radius 1 is 1.19 bits per heavy atom. The van der Waals surface area contributed by atoms with Gasteiger partial charge in [0.25, 0.3) is 5.91 Å². The molecule has 0 fully saturated rings. The normalized spacial score (nSPS) is 10.9. The number of hydrogen-bond donors (Lipinski definition) is 2. The van der Waals surface area contributed by atoms with E-state index in [2.05, 4.69) is 20.3 Å². The summed E-state index contributed by atoms with van der Waals surface area (Å²) in [5.41, 5.74) is 3.26.